The van der Waals surface area contributed by atoms with Gasteiger partial charge in [0.1, 0.15) is 12.2 Å². The average molecular weight is 308 g/mol. The van der Waals surface area contributed by atoms with Gasteiger partial charge >= 0.3 is 11.9 Å². The maximum absolute atomic E-state index is 11.7. The lowest BCUT2D eigenvalue weighted by molar-refractivity contribution is -0.147. The van der Waals surface area contributed by atoms with E-state index in [2.05, 4.69) is 13.8 Å². The molecular weight excluding hydrogens is 280 g/mol. The molecule has 0 aromatic heterocycles. The molecule has 0 N–H and O–H groups in total. The largest absolute Gasteiger partial charge is 0.459 e. The molecule has 0 heterocycles. The Labute approximate surface area is 133 Å². The van der Waals surface area contributed by atoms with Crippen molar-refractivity contribution in [3.05, 3.63) is 12.2 Å². The fourth-order valence-electron chi connectivity index (χ4n) is 3.24. The van der Waals surface area contributed by atoms with E-state index in [0.717, 1.165) is 63.2 Å². The highest BCUT2D eigenvalue weighted by Crippen LogP contribution is 2.26. The first-order valence-corrected chi connectivity index (χ1v) is 8.62. The van der Waals surface area contributed by atoms with Gasteiger partial charge in [0.15, 0.2) is 0 Å². The predicted octanol–water partition coefficient (Wildman–Crippen LogP) is 3.79. The Bertz CT molecular complexity index is 361. The summed E-state index contributed by atoms with van der Waals surface area (Å²) < 4.78 is 10.7. The molecular formula is C18H28O4. The molecule has 2 aliphatic rings. The summed E-state index contributed by atoms with van der Waals surface area (Å²) in [7, 11) is 0. The first-order chi connectivity index (χ1) is 10.5. The van der Waals surface area contributed by atoms with Crippen LogP contribution < -0.4 is 0 Å². The fourth-order valence-corrected chi connectivity index (χ4v) is 3.24. The highest BCUT2D eigenvalue weighted by Gasteiger charge is 2.22. The van der Waals surface area contributed by atoms with Gasteiger partial charge in [-0.05, 0) is 63.2 Å². The van der Waals surface area contributed by atoms with Crippen molar-refractivity contribution in [3.8, 4) is 0 Å². The second kappa shape index (κ2) is 8.35. The summed E-state index contributed by atoms with van der Waals surface area (Å²) in [6.07, 6.45) is 10.5. The molecule has 2 saturated carbocycles. The SMILES string of the molecule is CC1CCC(OC(=O)/C=C/C(=O)OC2CCC(C)CC2)CC1. The van der Waals surface area contributed by atoms with Crippen molar-refractivity contribution in [2.75, 3.05) is 0 Å². The Morgan fingerprint density at radius 2 is 1.00 bits per heavy atom. The number of rotatable bonds is 4. The Morgan fingerprint density at radius 1 is 0.682 bits per heavy atom. The van der Waals surface area contributed by atoms with Crippen molar-refractivity contribution in [3.63, 3.8) is 0 Å². The van der Waals surface area contributed by atoms with Gasteiger partial charge in [0.2, 0.25) is 0 Å². The molecule has 4 nitrogen and oxygen atoms in total. The Balaban J connectivity index is 1.67. The molecule has 2 aliphatic carbocycles. The summed E-state index contributed by atoms with van der Waals surface area (Å²) in [5, 5.41) is 0. The molecule has 2 rings (SSSR count). The monoisotopic (exact) mass is 308 g/mol. The third kappa shape index (κ3) is 5.82. The Hall–Kier alpha value is -1.32. The van der Waals surface area contributed by atoms with Crippen LogP contribution in [0.5, 0.6) is 0 Å². The minimum Gasteiger partial charge on any atom is -0.459 e. The van der Waals surface area contributed by atoms with E-state index in [1.807, 2.05) is 0 Å². The van der Waals surface area contributed by atoms with E-state index in [1.54, 1.807) is 0 Å². The first kappa shape index (κ1) is 17.0. The number of esters is 2. The Morgan fingerprint density at radius 3 is 1.32 bits per heavy atom. The summed E-state index contributed by atoms with van der Waals surface area (Å²) in [5.41, 5.74) is 0. The van der Waals surface area contributed by atoms with Gasteiger partial charge < -0.3 is 9.47 Å². The molecule has 0 aliphatic heterocycles. The molecule has 0 aromatic rings. The normalized spacial score (nSPS) is 32.6. The number of carbonyl (C=O) groups is 2. The second-order valence-electron chi connectivity index (χ2n) is 6.97. The van der Waals surface area contributed by atoms with Crippen molar-refractivity contribution in [2.45, 2.75) is 77.4 Å². The van der Waals surface area contributed by atoms with Crippen LogP contribution in [-0.4, -0.2) is 24.1 Å². The van der Waals surface area contributed by atoms with Gasteiger partial charge in [-0.1, -0.05) is 13.8 Å². The van der Waals surface area contributed by atoms with E-state index in [-0.39, 0.29) is 12.2 Å². The van der Waals surface area contributed by atoms with Crippen molar-refractivity contribution in [1.82, 2.24) is 0 Å². The van der Waals surface area contributed by atoms with E-state index >= 15 is 0 Å². The summed E-state index contributed by atoms with van der Waals surface area (Å²) in [6.45, 7) is 4.44. The number of hydrogen-bond donors (Lipinski definition) is 0. The lowest BCUT2D eigenvalue weighted by Crippen LogP contribution is -2.24. The fraction of sp³-hybridized carbons (Fsp3) is 0.778. The van der Waals surface area contributed by atoms with Gasteiger partial charge in [-0.3, -0.25) is 0 Å². The third-order valence-electron chi connectivity index (χ3n) is 4.85. The smallest absolute Gasteiger partial charge is 0.331 e. The molecule has 0 radical (unpaired) electrons. The molecule has 124 valence electrons. The van der Waals surface area contributed by atoms with Crippen molar-refractivity contribution < 1.29 is 19.1 Å². The van der Waals surface area contributed by atoms with E-state index in [4.69, 9.17) is 9.47 Å². The summed E-state index contributed by atoms with van der Waals surface area (Å²) >= 11 is 0. The molecule has 0 spiro atoms. The van der Waals surface area contributed by atoms with Crippen molar-refractivity contribution in [2.24, 2.45) is 11.8 Å². The van der Waals surface area contributed by atoms with Crippen LogP contribution in [0.3, 0.4) is 0 Å². The molecule has 0 atom stereocenters. The molecule has 0 unspecified atom stereocenters. The van der Waals surface area contributed by atoms with Gasteiger partial charge in [0, 0.05) is 12.2 Å². The van der Waals surface area contributed by atoms with E-state index < -0.39 is 11.9 Å². The molecule has 0 aromatic carbocycles. The highest BCUT2D eigenvalue weighted by molar-refractivity contribution is 5.91. The lowest BCUT2D eigenvalue weighted by atomic mass is 9.89. The van der Waals surface area contributed by atoms with E-state index in [0.29, 0.717) is 0 Å². The second-order valence-corrected chi connectivity index (χ2v) is 6.97. The minimum atomic E-state index is -0.436. The molecule has 4 heteroatoms. The quantitative estimate of drug-likeness (QED) is 0.586. The maximum Gasteiger partial charge on any atom is 0.331 e. The molecule has 0 amide bonds. The molecule has 2 fully saturated rings. The summed E-state index contributed by atoms with van der Waals surface area (Å²) in [6, 6.07) is 0. The zero-order chi connectivity index (χ0) is 15.9. The van der Waals surface area contributed by atoms with Gasteiger partial charge in [-0.25, -0.2) is 9.59 Å². The van der Waals surface area contributed by atoms with Gasteiger partial charge in [0.25, 0.3) is 0 Å². The summed E-state index contributed by atoms with van der Waals surface area (Å²) in [4.78, 5) is 23.4. The predicted molar refractivity (Wildman–Crippen MR) is 84.2 cm³/mol. The lowest BCUT2D eigenvalue weighted by Gasteiger charge is -2.25. The standard InChI is InChI=1S/C18H28O4/c1-13-3-7-15(8-4-13)21-17(19)11-12-18(20)22-16-9-5-14(2)6-10-16/h11-16H,3-10H2,1-2H3/b12-11+. The third-order valence-corrected chi connectivity index (χ3v) is 4.85. The maximum atomic E-state index is 11.7. The molecule has 22 heavy (non-hydrogen) atoms. The van der Waals surface area contributed by atoms with Crippen LogP contribution in [0, 0.1) is 11.8 Å². The molecule has 0 saturated heterocycles. The zero-order valence-electron chi connectivity index (χ0n) is 13.8. The van der Waals surface area contributed by atoms with Crippen LogP contribution in [0.1, 0.15) is 65.2 Å². The van der Waals surface area contributed by atoms with Gasteiger partial charge in [-0.2, -0.15) is 0 Å². The number of hydrogen-bond acceptors (Lipinski definition) is 4. The van der Waals surface area contributed by atoms with Crippen LogP contribution in [0.15, 0.2) is 12.2 Å². The van der Waals surface area contributed by atoms with Crippen LogP contribution >= 0.6 is 0 Å². The van der Waals surface area contributed by atoms with Crippen molar-refractivity contribution in [1.29, 1.82) is 0 Å². The van der Waals surface area contributed by atoms with Crippen LogP contribution in [0.25, 0.3) is 0 Å². The number of ether oxygens (including phenoxy) is 2. The topological polar surface area (TPSA) is 52.6 Å². The Kier molecular flexibility index (Phi) is 6.47. The first-order valence-electron chi connectivity index (χ1n) is 8.62. The van der Waals surface area contributed by atoms with Gasteiger partial charge in [-0.15, -0.1) is 0 Å². The number of carbonyl (C=O) groups excluding carboxylic acids is 2. The van der Waals surface area contributed by atoms with E-state index in [1.165, 1.54) is 12.2 Å². The van der Waals surface area contributed by atoms with Crippen molar-refractivity contribution >= 4 is 11.9 Å². The van der Waals surface area contributed by atoms with Gasteiger partial charge in [0.05, 0.1) is 0 Å². The molecule has 0 bridgehead atoms. The van der Waals surface area contributed by atoms with Crippen LogP contribution in [0.4, 0.5) is 0 Å². The zero-order valence-corrected chi connectivity index (χ0v) is 13.8. The van der Waals surface area contributed by atoms with E-state index in [9.17, 15) is 9.59 Å². The van der Waals surface area contributed by atoms with Crippen LogP contribution in [0.2, 0.25) is 0 Å². The summed E-state index contributed by atoms with van der Waals surface area (Å²) in [5.74, 6) is 0.569. The average Bonchev–Trinajstić information content (AvgIpc) is 2.50. The van der Waals surface area contributed by atoms with Crippen LogP contribution in [-0.2, 0) is 19.1 Å². The highest BCUT2D eigenvalue weighted by atomic mass is 16.5. The minimum absolute atomic E-state index is 0.00389.